The summed E-state index contributed by atoms with van der Waals surface area (Å²) < 4.78 is 0. The number of nitrogens with zero attached hydrogens (tertiary/aromatic N) is 1. The minimum Gasteiger partial charge on any atom is -0.443 e. The first-order chi connectivity index (χ1) is 6.22. The number of aliphatic hydroxyl groups excluding tert-OH is 1. The monoisotopic (exact) mass is 178 g/mol. The van der Waals surface area contributed by atoms with E-state index in [-0.39, 0.29) is 0 Å². The van der Waals surface area contributed by atoms with E-state index in [1.807, 2.05) is 18.2 Å². The lowest BCUT2D eigenvalue weighted by Crippen LogP contribution is -1.62. The van der Waals surface area contributed by atoms with E-state index < -0.39 is 0 Å². The van der Waals surface area contributed by atoms with E-state index in [1.54, 1.807) is 0 Å². The summed E-state index contributed by atoms with van der Waals surface area (Å²) in [6.45, 7) is 2.08. The fourth-order valence-electron chi connectivity index (χ4n) is 0.534. The second kappa shape index (κ2) is 12.6. The second-order valence-electron chi connectivity index (χ2n) is 1.86. The molecule has 0 aromatic heterocycles. The van der Waals surface area contributed by atoms with Crippen molar-refractivity contribution in [3.63, 3.8) is 0 Å². The second-order valence-corrected chi connectivity index (χ2v) is 1.86. The molecule has 4 nitrogen and oxygen atoms in total. The molecule has 0 amide bonds. The van der Waals surface area contributed by atoms with Gasteiger partial charge in [-0.3, -0.25) is 0 Å². The summed E-state index contributed by atoms with van der Waals surface area (Å²) in [6.07, 6.45) is 1.50. The van der Waals surface area contributed by atoms with Crippen molar-refractivity contribution < 1.29 is 9.90 Å². The number of benzene rings is 1. The average Bonchev–Trinajstić information content (AvgIpc) is 2.08. The summed E-state index contributed by atoms with van der Waals surface area (Å²) in [5.74, 6) is 0. The Bertz CT molecular complexity index is 271. The molecule has 2 N–H and O–H groups in total. The fourth-order valence-corrected chi connectivity index (χ4v) is 0.534. The maximum absolute atomic E-state index is 8.35. The molecule has 68 valence electrons. The maximum atomic E-state index is 8.35. The molecule has 0 bridgehead atoms. The first kappa shape index (κ1) is 13.5. The smallest absolute Gasteiger partial charge is 0.283 e. The Balaban J connectivity index is 0. The third-order valence-corrected chi connectivity index (χ3v) is 0.940. The van der Waals surface area contributed by atoms with Crippen LogP contribution in [-0.2, 0) is 4.79 Å². The molecule has 0 saturated heterocycles. The number of isocyanates is 1. The predicted molar refractivity (Wildman–Crippen MR) is 47.1 cm³/mol. The van der Waals surface area contributed by atoms with Crippen molar-refractivity contribution in [2.24, 2.45) is 0 Å². The van der Waals surface area contributed by atoms with Crippen molar-refractivity contribution in [3.8, 4) is 6.26 Å². The van der Waals surface area contributed by atoms with Crippen molar-refractivity contribution >= 4 is 6.08 Å². The quantitative estimate of drug-likeness (QED) is 0.360. The minimum absolute atomic E-state index is 0.750. The molecule has 13 heavy (non-hydrogen) atoms. The van der Waals surface area contributed by atoms with Crippen LogP contribution in [0.1, 0.15) is 5.56 Å². The number of nitriles is 1. The lowest BCUT2D eigenvalue weighted by atomic mass is 10.2. The minimum atomic E-state index is 0.750. The largest absolute Gasteiger partial charge is 0.443 e. The van der Waals surface area contributed by atoms with E-state index in [0.29, 0.717) is 0 Å². The first-order valence-electron chi connectivity index (χ1n) is 3.31. The number of aliphatic hydroxyl groups is 1. The first-order valence-corrected chi connectivity index (χ1v) is 3.31. The molecule has 4 heteroatoms. The van der Waals surface area contributed by atoms with E-state index in [9.17, 15) is 0 Å². The summed E-state index contributed by atoms with van der Waals surface area (Å²) in [6, 6.07) is 10.3. The van der Waals surface area contributed by atoms with Crippen LogP contribution < -0.4 is 0 Å². The van der Waals surface area contributed by atoms with Crippen LogP contribution in [-0.4, -0.2) is 11.2 Å². The Hall–Kier alpha value is -2.11. The summed E-state index contributed by atoms with van der Waals surface area (Å²) in [4.78, 5) is 8.35. The molecule has 0 saturated carbocycles. The molecule has 0 aliphatic rings. The molecule has 1 aromatic carbocycles. The molecular weight excluding hydrogens is 168 g/mol. The van der Waals surface area contributed by atoms with Gasteiger partial charge in [0.05, 0.1) is 0 Å². The van der Waals surface area contributed by atoms with Crippen LogP contribution >= 0.6 is 0 Å². The third-order valence-electron chi connectivity index (χ3n) is 0.940. The Kier molecular flexibility index (Phi) is 13.0. The number of hydrogen-bond acceptors (Lipinski definition) is 4. The van der Waals surface area contributed by atoms with E-state index in [4.69, 9.17) is 20.6 Å². The Morgan fingerprint density at radius 2 is 1.69 bits per heavy atom. The summed E-state index contributed by atoms with van der Waals surface area (Å²) >= 11 is 0. The van der Waals surface area contributed by atoms with Crippen LogP contribution in [0.3, 0.4) is 0 Å². The normalized spacial score (nSPS) is 5.85. The van der Waals surface area contributed by atoms with Crippen molar-refractivity contribution in [2.75, 3.05) is 0 Å². The molecule has 0 unspecified atom stereocenters. The molecule has 1 aromatic rings. The van der Waals surface area contributed by atoms with Crippen molar-refractivity contribution in [3.05, 3.63) is 35.9 Å². The lowest BCUT2D eigenvalue weighted by molar-refractivity contribution is 0.503. The van der Waals surface area contributed by atoms with Crippen molar-refractivity contribution in [2.45, 2.75) is 6.92 Å². The van der Waals surface area contributed by atoms with Gasteiger partial charge in [0.1, 0.15) is 0 Å². The predicted octanol–water partition coefficient (Wildman–Crippen LogP) is 1.74. The number of aryl methyl sites for hydroxylation is 1. The Labute approximate surface area is 76.6 Å². The van der Waals surface area contributed by atoms with Crippen LogP contribution in [0.15, 0.2) is 30.3 Å². The molecule has 0 aliphatic carbocycles. The maximum Gasteiger partial charge on any atom is 0.283 e. The Morgan fingerprint density at radius 1 is 1.38 bits per heavy atom. The summed E-state index contributed by atoms with van der Waals surface area (Å²) in [5, 5.41) is 19.2. The highest BCUT2D eigenvalue weighted by Crippen LogP contribution is 1.92. The standard InChI is InChI=1S/C7H8.2CHNO/c1-7-5-3-2-4-6-7;2*2-1-3/h2-6H,1H3;3H;2H. The third kappa shape index (κ3) is 17.7. The average molecular weight is 178 g/mol. The van der Waals surface area contributed by atoms with Gasteiger partial charge in [-0.15, -0.1) is 0 Å². The van der Waals surface area contributed by atoms with Gasteiger partial charge >= 0.3 is 0 Å². The zero-order valence-electron chi connectivity index (χ0n) is 7.19. The SMILES string of the molecule is Cc1ccccc1.N#CO.N=C=O. The number of nitrogens with one attached hydrogen (secondary N) is 1. The molecule has 1 rings (SSSR count). The molecular formula is C9H10N2O2. The van der Waals surface area contributed by atoms with Gasteiger partial charge in [0.15, 0.2) is 0 Å². The van der Waals surface area contributed by atoms with E-state index in [1.165, 1.54) is 5.56 Å². The highest BCUT2D eigenvalue weighted by Gasteiger charge is 1.72. The number of hydrogen-bond donors (Lipinski definition) is 2. The van der Waals surface area contributed by atoms with Gasteiger partial charge in [-0.2, -0.15) is 5.26 Å². The molecule has 0 fully saturated rings. The highest BCUT2D eigenvalue weighted by molar-refractivity contribution is 5.26. The summed E-state index contributed by atoms with van der Waals surface area (Å²) in [5.41, 5.74) is 1.32. The van der Waals surface area contributed by atoms with Gasteiger partial charge < -0.3 is 5.11 Å². The van der Waals surface area contributed by atoms with Crippen LogP contribution in [0.5, 0.6) is 0 Å². The van der Waals surface area contributed by atoms with Crippen molar-refractivity contribution in [1.82, 2.24) is 0 Å². The molecule has 0 radical (unpaired) electrons. The zero-order valence-corrected chi connectivity index (χ0v) is 7.19. The Morgan fingerprint density at radius 3 is 1.85 bits per heavy atom. The van der Waals surface area contributed by atoms with E-state index in [2.05, 4.69) is 19.1 Å². The number of rotatable bonds is 0. The van der Waals surface area contributed by atoms with Gasteiger partial charge in [0, 0.05) is 0 Å². The number of carbonyl (C=O) groups excluding carboxylic acids is 1. The van der Waals surface area contributed by atoms with Gasteiger partial charge in [0.2, 0.25) is 6.08 Å². The zero-order chi connectivity index (χ0) is 10.5. The van der Waals surface area contributed by atoms with E-state index in [0.717, 1.165) is 12.3 Å². The topological polar surface area (TPSA) is 84.9 Å². The van der Waals surface area contributed by atoms with Crippen LogP contribution in [0, 0.1) is 23.9 Å². The van der Waals surface area contributed by atoms with Gasteiger partial charge in [-0.05, 0) is 6.92 Å². The highest BCUT2D eigenvalue weighted by atomic mass is 16.2. The summed E-state index contributed by atoms with van der Waals surface area (Å²) in [7, 11) is 0. The van der Waals surface area contributed by atoms with E-state index >= 15 is 0 Å². The van der Waals surface area contributed by atoms with Gasteiger partial charge in [-0.1, -0.05) is 35.9 Å². The van der Waals surface area contributed by atoms with Crippen LogP contribution in [0.25, 0.3) is 0 Å². The van der Waals surface area contributed by atoms with Gasteiger partial charge in [0.25, 0.3) is 6.26 Å². The van der Waals surface area contributed by atoms with Crippen LogP contribution in [0.4, 0.5) is 0 Å². The molecule has 0 atom stereocenters. The molecule has 0 spiro atoms. The van der Waals surface area contributed by atoms with Crippen LogP contribution in [0.2, 0.25) is 0 Å². The molecule has 0 aliphatic heterocycles. The fraction of sp³-hybridized carbons (Fsp3) is 0.111. The lowest BCUT2D eigenvalue weighted by Gasteiger charge is -1.82. The molecule has 0 heterocycles. The van der Waals surface area contributed by atoms with Gasteiger partial charge in [-0.25, -0.2) is 10.2 Å². The van der Waals surface area contributed by atoms with Crippen molar-refractivity contribution in [1.29, 1.82) is 10.7 Å².